The molecule has 1 heterocycles. The second kappa shape index (κ2) is 5.81. The van der Waals surface area contributed by atoms with E-state index in [4.69, 9.17) is 11.6 Å². The number of nitrogens with one attached hydrogen (secondary N) is 1. The predicted molar refractivity (Wildman–Crippen MR) is 74.8 cm³/mol. The molecule has 2 atom stereocenters. The number of sulfonamides is 1. The van der Waals surface area contributed by atoms with Crippen molar-refractivity contribution in [2.45, 2.75) is 50.1 Å². The Morgan fingerprint density at radius 3 is 2.79 bits per heavy atom. The summed E-state index contributed by atoms with van der Waals surface area (Å²) in [6, 6.07) is 0. The first kappa shape index (κ1) is 14.8. The minimum atomic E-state index is -3.52. The van der Waals surface area contributed by atoms with Crippen LogP contribution in [0.25, 0.3) is 0 Å². The van der Waals surface area contributed by atoms with Crippen molar-refractivity contribution in [3.05, 3.63) is 12.0 Å². The molecule has 0 saturated heterocycles. The van der Waals surface area contributed by atoms with Gasteiger partial charge in [0.05, 0.1) is 0 Å². The van der Waals surface area contributed by atoms with E-state index in [0.29, 0.717) is 18.9 Å². The average molecular weight is 306 g/mol. The van der Waals surface area contributed by atoms with E-state index in [1.165, 1.54) is 0 Å². The van der Waals surface area contributed by atoms with E-state index in [1.54, 1.807) is 13.1 Å². The molecular weight excluding hydrogens is 286 g/mol. The fourth-order valence-corrected chi connectivity index (χ4v) is 3.91. The third-order valence-corrected chi connectivity index (χ3v) is 5.54. The van der Waals surface area contributed by atoms with Crippen LogP contribution in [0.3, 0.4) is 0 Å². The minimum absolute atomic E-state index is 0.0811. The van der Waals surface area contributed by atoms with Gasteiger partial charge in [0.2, 0.25) is 0 Å². The molecule has 7 heteroatoms. The molecule has 1 saturated carbocycles. The van der Waals surface area contributed by atoms with E-state index in [2.05, 4.69) is 9.71 Å². The maximum atomic E-state index is 12.1. The van der Waals surface area contributed by atoms with Gasteiger partial charge in [-0.05, 0) is 32.6 Å². The smallest absolute Gasteiger partial charge is 0.259 e. The molecule has 2 unspecified atom stereocenters. The van der Waals surface area contributed by atoms with Crippen molar-refractivity contribution in [1.29, 1.82) is 0 Å². The van der Waals surface area contributed by atoms with Crippen molar-refractivity contribution in [3.8, 4) is 0 Å². The van der Waals surface area contributed by atoms with Crippen molar-refractivity contribution >= 4 is 21.6 Å². The summed E-state index contributed by atoms with van der Waals surface area (Å²) in [5.41, 5.74) is 0. The van der Waals surface area contributed by atoms with Crippen LogP contribution in [-0.2, 0) is 16.6 Å². The Hall–Kier alpha value is -0.590. The highest BCUT2D eigenvalue weighted by Gasteiger charge is 2.27. The summed E-state index contributed by atoms with van der Waals surface area (Å²) >= 11 is 6.15. The Morgan fingerprint density at radius 1 is 1.53 bits per heavy atom. The lowest BCUT2D eigenvalue weighted by atomic mass is 10.1. The number of hydrogen-bond acceptors (Lipinski definition) is 3. The Labute approximate surface area is 119 Å². The van der Waals surface area contributed by atoms with Gasteiger partial charge in [-0.25, -0.2) is 18.1 Å². The monoisotopic (exact) mass is 305 g/mol. The largest absolute Gasteiger partial charge is 0.334 e. The molecule has 1 fully saturated rings. The second-order valence-electron chi connectivity index (χ2n) is 4.97. The van der Waals surface area contributed by atoms with Crippen LogP contribution >= 0.6 is 11.6 Å². The molecule has 1 aromatic heterocycles. The van der Waals surface area contributed by atoms with Gasteiger partial charge in [0, 0.05) is 24.7 Å². The number of imidazole rings is 1. The van der Waals surface area contributed by atoms with Crippen molar-refractivity contribution in [1.82, 2.24) is 14.3 Å². The first-order valence-corrected chi connectivity index (χ1v) is 8.53. The Balaban J connectivity index is 2.05. The quantitative estimate of drug-likeness (QED) is 0.845. The van der Waals surface area contributed by atoms with Crippen LogP contribution in [0.2, 0.25) is 0 Å². The predicted octanol–water partition coefficient (Wildman–Crippen LogP) is 1.90. The van der Waals surface area contributed by atoms with E-state index in [9.17, 15) is 8.42 Å². The zero-order chi connectivity index (χ0) is 14.0. The molecule has 0 aliphatic heterocycles. The van der Waals surface area contributed by atoms with Crippen molar-refractivity contribution in [2.24, 2.45) is 5.92 Å². The van der Waals surface area contributed by atoms with E-state index in [1.807, 2.05) is 11.5 Å². The van der Waals surface area contributed by atoms with Crippen LogP contribution in [-0.4, -0.2) is 29.9 Å². The first-order chi connectivity index (χ1) is 8.94. The van der Waals surface area contributed by atoms with E-state index in [0.717, 1.165) is 19.3 Å². The van der Waals surface area contributed by atoms with Crippen molar-refractivity contribution in [3.63, 3.8) is 0 Å². The molecular formula is C12H20ClN3O2S. The molecule has 2 rings (SSSR count). The lowest BCUT2D eigenvalue weighted by Crippen LogP contribution is -2.31. The van der Waals surface area contributed by atoms with Crippen LogP contribution in [0, 0.1) is 12.8 Å². The van der Waals surface area contributed by atoms with Crippen LogP contribution in [0.4, 0.5) is 0 Å². The zero-order valence-electron chi connectivity index (χ0n) is 11.3. The lowest BCUT2D eigenvalue weighted by Gasteiger charge is -2.13. The standard InChI is InChI=1S/C12H20ClN3O2S/c1-3-16-8-12(15-9(16)2)19(17,18)14-7-10-5-4-6-11(10)13/h8,10-11,14H,3-7H2,1-2H3. The molecule has 1 N–H and O–H groups in total. The zero-order valence-corrected chi connectivity index (χ0v) is 12.8. The molecule has 1 aliphatic rings. The third kappa shape index (κ3) is 3.30. The fraction of sp³-hybridized carbons (Fsp3) is 0.750. The third-order valence-electron chi connectivity index (χ3n) is 3.67. The van der Waals surface area contributed by atoms with E-state index >= 15 is 0 Å². The maximum absolute atomic E-state index is 12.1. The van der Waals surface area contributed by atoms with E-state index in [-0.39, 0.29) is 16.3 Å². The Morgan fingerprint density at radius 2 is 2.26 bits per heavy atom. The molecule has 1 aromatic rings. The van der Waals surface area contributed by atoms with Gasteiger partial charge in [-0.2, -0.15) is 0 Å². The summed E-state index contributed by atoms with van der Waals surface area (Å²) < 4.78 is 28.7. The highest BCUT2D eigenvalue weighted by Crippen LogP contribution is 2.29. The molecule has 108 valence electrons. The summed E-state index contributed by atoms with van der Waals surface area (Å²) in [5.74, 6) is 0.935. The van der Waals surface area contributed by atoms with Crippen molar-refractivity contribution in [2.75, 3.05) is 6.54 Å². The van der Waals surface area contributed by atoms with Gasteiger partial charge in [0.15, 0.2) is 5.03 Å². The fourth-order valence-electron chi connectivity index (χ4n) is 2.44. The lowest BCUT2D eigenvalue weighted by molar-refractivity contribution is 0.522. The van der Waals surface area contributed by atoms with Gasteiger partial charge in [-0.15, -0.1) is 11.6 Å². The van der Waals surface area contributed by atoms with Gasteiger partial charge in [0.1, 0.15) is 5.82 Å². The minimum Gasteiger partial charge on any atom is -0.334 e. The normalized spacial score (nSPS) is 23.9. The first-order valence-electron chi connectivity index (χ1n) is 6.61. The molecule has 1 aliphatic carbocycles. The molecule has 0 aromatic carbocycles. The van der Waals surface area contributed by atoms with Gasteiger partial charge >= 0.3 is 0 Å². The Kier molecular flexibility index (Phi) is 4.53. The van der Waals surface area contributed by atoms with Crippen molar-refractivity contribution < 1.29 is 8.42 Å². The van der Waals surface area contributed by atoms with Gasteiger partial charge in [0.25, 0.3) is 10.0 Å². The summed E-state index contributed by atoms with van der Waals surface area (Å²) in [4.78, 5) is 4.10. The molecule has 19 heavy (non-hydrogen) atoms. The Bertz CT molecular complexity index is 541. The highest BCUT2D eigenvalue weighted by atomic mass is 35.5. The molecule has 0 radical (unpaired) electrons. The number of nitrogens with zero attached hydrogens (tertiary/aromatic N) is 2. The number of alkyl halides is 1. The molecule has 0 amide bonds. The maximum Gasteiger partial charge on any atom is 0.259 e. The number of aromatic nitrogens is 2. The number of rotatable bonds is 5. The van der Waals surface area contributed by atoms with Crippen LogP contribution in [0.1, 0.15) is 32.0 Å². The topological polar surface area (TPSA) is 64.0 Å². The van der Waals surface area contributed by atoms with Crippen LogP contribution < -0.4 is 4.72 Å². The average Bonchev–Trinajstić information content (AvgIpc) is 2.93. The summed E-state index contributed by atoms with van der Waals surface area (Å²) in [5, 5.41) is 0.175. The second-order valence-corrected chi connectivity index (χ2v) is 7.25. The summed E-state index contributed by atoms with van der Waals surface area (Å²) in [7, 11) is -3.52. The molecule has 5 nitrogen and oxygen atoms in total. The molecule has 0 bridgehead atoms. The number of halogens is 1. The SMILES string of the molecule is CCn1cc(S(=O)(=O)NCC2CCCC2Cl)nc1C. The number of hydrogen-bond donors (Lipinski definition) is 1. The summed E-state index contributed by atoms with van der Waals surface area (Å²) in [6.45, 7) is 4.86. The highest BCUT2D eigenvalue weighted by molar-refractivity contribution is 7.89. The molecule has 0 spiro atoms. The van der Waals surface area contributed by atoms with E-state index < -0.39 is 10.0 Å². The van der Waals surface area contributed by atoms with Gasteiger partial charge in [-0.3, -0.25) is 0 Å². The van der Waals surface area contributed by atoms with Crippen LogP contribution in [0.15, 0.2) is 11.2 Å². The summed E-state index contributed by atoms with van der Waals surface area (Å²) in [6.07, 6.45) is 4.60. The van der Waals surface area contributed by atoms with Gasteiger partial charge in [-0.1, -0.05) is 6.42 Å². The van der Waals surface area contributed by atoms with Gasteiger partial charge < -0.3 is 4.57 Å². The number of aryl methyl sites for hydroxylation is 2. The van der Waals surface area contributed by atoms with Crippen LogP contribution in [0.5, 0.6) is 0 Å².